The molecular weight excluding hydrogens is 292 g/mol. The van der Waals surface area contributed by atoms with Gasteiger partial charge in [0.2, 0.25) is 0 Å². The number of carbonyl (C=O) groups is 1. The Morgan fingerprint density at radius 3 is 2.67 bits per heavy atom. The van der Waals surface area contributed by atoms with Crippen molar-refractivity contribution in [3.8, 4) is 0 Å². The van der Waals surface area contributed by atoms with E-state index in [1.54, 1.807) is 12.3 Å². The Labute approximate surface area is 117 Å². The maximum Gasteiger partial charge on any atom is 0.270 e. The Balaban J connectivity index is 1.86. The smallest absolute Gasteiger partial charge is 0.270 e. The van der Waals surface area contributed by atoms with Crippen molar-refractivity contribution in [1.29, 1.82) is 0 Å². The second-order valence-corrected chi connectivity index (χ2v) is 5.88. The number of hydrogen-bond acceptors (Lipinski definition) is 2. The average molecular weight is 311 g/mol. The van der Waals surface area contributed by atoms with Gasteiger partial charge in [-0.2, -0.15) is 0 Å². The van der Waals surface area contributed by atoms with Gasteiger partial charge in [-0.25, -0.2) is 4.98 Å². The summed E-state index contributed by atoms with van der Waals surface area (Å²) in [5.41, 5.74) is 0.496. The van der Waals surface area contributed by atoms with Gasteiger partial charge >= 0.3 is 0 Å². The highest BCUT2D eigenvalue weighted by molar-refractivity contribution is 9.10. The molecular formula is C14H19BrN2O. The lowest BCUT2D eigenvalue weighted by molar-refractivity contribution is 0.0916. The van der Waals surface area contributed by atoms with Crippen LogP contribution in [0.25, 0.3) is 0 Å². The fourth-order valence-electron chi connectivity index (χ4n) is 2.48. The first-order valence-corrected chi connectivity index (χ1v) is 7.40. The van der Waals surface area contributed by atoms with Gasteiger partial charge in [0.15, 0.2) is 0 Å². The van der Waals surface area contributed by atoms with Crippen LogP contribution in [-0.2, 0) is 0 Å². The molecule has 1 aliphatic rings. The summed E-state index contributed by atoms with van der Waals surface area (Å²) >= 11 is 3.31. The minimum atomic E-state index is -0.0533. The molecule has 1 heterocycles. The van der Waals surface area contributed by atoms with Crippen LogP contribution >= 0.6 is 15.9 Å². The number of rotatable bonds is 3. The predicted molar refractivity (Wildman–Crippen MR) is 75.4 cm³/mol. The van der Waals surface area contributed by atoms with E-state index in [0.717, 1.165) is 23.2 Å². The zero-order valence-corrected chi connectivity index (χ0v) is 12.2. The van der Waals surface area contributed by atoms with Crippen molar-refractivity contribution in [3.63, 3.8) is 0 Å². The number of amides is 1. The number of pyridine rings is 1. The first kappa shape index (κ1) is 13.5. The Morgan fingerprint density at radius 2 is 2.11 bits per heavy atom. The lowest BCUT2D eigenvalue weighted by Crippen LogP contribution is -2.37. The summed E-state index contributed by atoms with van der Waals surface area (Å²) < 4.78 is 0.891. The predicted octanol–water partition coefficient (Wildman–Crippen LogP) is 3.54. The van der Waals surface area contributed by atoms with E-state index < -0.39 is 0 Å². The van der Waals surface area contributed by atoms with E-state index >= 15 is 0 Å². The normalized spacial score (nSPS) is 23.7. The van der Waals surface area contributed by atoms with Crippen LogP contribution in [0.3, 0.4) is 0 Å². The van der Waals surface area contributed by atoms with Gasteiger partial charge in [-0.05, 0) is 59.7 Å². The second-order valence-electron chi connectivity index (χ2n) is 4.96. The molecule has 1 saturated carbocycles. The first-order valence-electron chi connectivity index (χ1n) is 6.61. The van der Waals surface area contributed by atoms with Crippen molar-refractivity contribution in [2.75, 3.05) is 0 Å². The number of nitrogens with zero attached hydrogens (tertiary/aromatic N) is 1. The van der Waals surface area contributed by atoms with Crippen LogP contribution in [0.15, 0.2) is 22.8 Å². The molecule has 1 aliphatic carbocycles. The van der Waals surface area contributed by atoms with Crippen molar-refractivity contribution < 1.29 is 4.79 Å². The molecule has 1 aromatic heterocycles. The topological polar surface area (TPSA) is 42.0 Å². The van der Waals surface area contributed by atoms with Crippen LogP contribution in [-0.4, -0.2) is 16.9 Å². The molecule has 0 aliphatic heterocycles. The fraction of sp³-hybridized carbons (Fsp3) is 0.571. The molecule has 0 atom stereocenters. The second kappa shape index (κ2) is 6.32. The highest BCUT2D eigenvalue weighted by Crippen LogP contribution is 2.26. The molecule has 0 spiro atoms. The van der Waals surface area contributed by atoms with Gasteiger partial charge in [-0.1, -0.05) is 13.3 Å². The summed E-state index contributed by atoms with van der Waals surface area (Å²) in [5, 5.41) is 3.08. The molecule has 0 aromatic carbocycles. The Kier molecular flexibility index (Phi) is 4.75. The minimum absolute atomic E-state index is 0.0533. The summed E-state index contributed by atoms with van der Waals surface area (Å²) in [6, 6.07) is 3.92. The van der Waals surface area contributed by atoms with Gasteiger partial charge in [0, 0.05) is 16.7 Å². The lowest BCUT2D eigenvalue weighted by atomic mass is 9.84. The monoisotopic (exact) mass is 310 g/mol. The van der Waals surface area contributed by atoms with Gasteiger partial charge in [-0.3, -0.25) is 4.79 Å². The van der Waals surface area contributed by atoms with Gasteiger partial charge in [0.25, 0.3) is 5.91 Å². The van der Waals surface area contributed by atoms with Crippen LogP contribution in [0.5, 0.6) is 0 Å². The van der Waals surface area contributed by atoms with Crippen LogP contribution < -0.4 is 5.32 Å². The van der Waals surface area contributed by atoms with E-state index in [2.05, 4.69) is 33.2 Å². The maximum atomic E-state index is 12.0. The summed E-state index contributed by atoms with van der Waals surface area (Å²) in [4.78, 5) is 16.1. The fourth-order valence-corrected chi connectivity index (χ4v) is 2.72. The molecule has 98 valence electrons. The lowest BCUT2D eigenvalue weighted by Gasteiger charge is -2.28. The number of carbonyl (C=O) groups excluding carboxylic acids is 1. The molecule has 1 N–H and O–H groups in total. The van der Waals surface area contributed by atoms with E-state index in [4.69, 9.17) is 0 Å². The molecule has 3 nitrogen and oxygen atoms in total. The van der Waals surface area contributed by atoms with E-state index in [0.29, 0.717) is 11.7 Å². The Morgan fingerprint density at radius 1 is 1.39 bits per heavy atom. The molecule has 0 unspecified atom stereocenters. The number of halogens is 1. The molecule has 1 amide bonds. The number of nitrogens with one attached hydrogen (secondary N) is 1. The molecule has 2 rings (SSSR count). The largest absolute Gasteiger partial charge is 0.348 e. The van der Waals surface area contributed by atoms with Crippen molar-refractivity contribution in [2.45, 2.75) is 45.1 Å². The van der Waals surface area contributed by atoms with Crippen molar-refractivity contribution >= 4 is 21.8 Å². The highest BCUT2D eigenvalue weighted by atomic mass is 79.9. The van der Waals surface area contributed by atoms with Gasteiger partial charge in [0.05, 0.1) is 0 Å². The maximum absolute atomic E-state index is 12.0. The van der Waals surface area contributed by atoms with E-state index in [9.17, 15) is 4.79 Å². The van der Waals surface area contributed by atoms with E-state index in [-0.39, 0.29) is 5.91 Å². The van der Waals surface area contributed by atoms with Crippen LogP contribution in [0, 0.1) is 5.92 Å². The SMILES string of the molecule is CCC1CCC(NC(=O)c2ccc(Br)cn2)CC1. The standard InChI is InChI=1S/C14H19BrN2O/c1-2-10-3-6-12(7-4-10)17-14(18)13-8-5-11(15)9-16-13/h5,8-10,12H,2-4,6-7H2,1H3,(H,17,18). The summed E-state index contributed by atoms with van der Waals surface area (Å²) in [7, 11) is 0. The quantitative estimate of drug-likeness (QED) is 0.927. The Bertz CT molecular complexity index is 397. The summed E-state index contributed by atoms with van der Waals surface area (Å²) in [6.07, 6.45) is 7.57. The summed E-state index contributed by atoms with van der Waals surface area (Å²) in [5.74, 6) is 0.798. The van der Waals surface area contributed by atoms with Gasteiger partial charge in [-0.15, -0.1) is 0 Å². The van der Waals surface area contributed by atoms with E-state index in [1.165, 1.54) is 19.3 Å². The molecule has 1 aromatic rings. The number of hydrogen-bond donors (Lipinski definition) is 1. The first-order chi connectivity index (χ1) is 8.69. The third-order valence-corrected chi connectivity index (χ3v) is 4.19. The van der Waals surface area contributed by atoms with Crippen molar-refractivity contribution in [3.05, 3.63) is 28.5 Å². The van der Waals surface area contributed by atoms with Crippen LogP contribution in [0.4, 0.5) is 0 Å². The zero-order valence-electron chi connectivity index (χ0n) is 10.7. The molecule has 1 fully saturated rings. The average Bonchev–Trinajstić information content (AvgIpc) is 2.40. The van der Waals surface area contributed by atoms with Crippen molar-refractivity contribution in [2.24, 2.45) is 5.92 Å². The third-order valence-electron chi connectivity index (χ3n) is 3.72. The van der Waals surface area contributed by atoms with Crippen molar-refractivity contribution in [1.82, 2.24) is 10.3 Å². The van der Waals surface area contributed by atoms with Crippen LogP contribution in [0.2, 0.25) is 0 Å². The molecule has 4 heteroatoms. The number of aromatic nitrogens is 1. The minimum Gasteiger partial charge on any atom is -0.348 e. The summed E-state index contributed by atoms with van der Waals surface area (Å²) in [6.45, 7) is 2.25. The zero-order chi connectivity index (χ0) is 13.0. The third kappa shape index (κ3) is 3.55. The molecule has 18 heavy (non-hydrogen) atoms. The van der Waals surface area contributed by atoms with Gasteiger partial charge < -0.3 is 5.32 Å². The molecule has 0 saturated heterocycles. The molecule has 0 bridgehead atoms. The Hall–Kier alpha value is -0.900. The van der Waals surface area contributed by atoms with E-state index in [1.807, 2.05) is 6.07 Å². The van der Waals surface area contributed by atoms with Gasteiger partial charge in [0.1, 0.15) is 5.69 Å². The highest BCUT2D eigenvalue weighted by Gasteiger charge is 2.21. The molecule has 0 radical (unpaired) electrons. The van der Waals surface area contributed by atoms with Crippen LogP contribution in [0.1, 0.15) is 49.5 Å².